The van der Waals surface area contributed by atoms with E-state index in [9.17, 15) is 0 Å². The van der Waals surface area contributed by atoms with E-state index in [0.29, 0.717) is 0 Å². The Kier molecular flexibility index (Phi) is 165. The van der Waals surface area contributed by atoms with Gasteiger partial charge in [-0.2, -0.15) is 6.92 Å². The minimum absolute atomic E-state index is 0. The van der Waals surface area contributed by atoms with Gasteiger partial charge in [0.05, 0.1) is 0 Å². The van der Waals surface area contributed by atoms with Crippen LogP contribution in [0.1, 0.15) is 6.92 Å². The molecular weight excluding hydrogens is 157 g/mol. The van der Waals surface area contributed by atoms with Crippen molar-refractivity contribution >= 4 is 12.6 Å². The van der Waals surface area contributed by atoms with E-state index < -0.39 is 0 Å². The molecule has 0 aromatic carbocycles. The molecule has 0 unspecified atom stereocenters. The zero-order chi connectivity index (χ0) is 4.00. The van der Waals surface area contributed by atoms with Gasteiger partial charge < -0.3 is 19.6 Å². The normalized spacial score (nSPS) is 2.40. The summed E-state index contributed by atoms with van der Waals surface area (Å²) in [7, 11) is 0. The van der Waals surface area contributed by atoms with Gasteiger partial charge in [-0.25, -0.2) is 0 Å². The van der Waals surface area contributed by atoms with Crippen LogP contribution in [0.15, 0.2) is 0 Å². The molecular formula is C3H8SY-2. The molecule has 0 aliphatic heterocycles. The fourth-order valence-corrected chi connectivity index (χ4v) is 0. The van der Waals surface area contributed by atoms with Crippen LogP contribution in [0.4, 0.5) is 0 Å². The van der Waals surface area contributed by atoms with Crippen molar-refractivity contribution in [2.45, 2.75) is 6.92 Å². The Labute approximate surface area is 65.0 Å². The summed E-state index contributed by atoms with van der Waals surface area (Å²) in [6.45, 7) is 5.00. The van der Waals surface area contributed by atoms with Crippen molar-refractivity contribution in [3.63, 3.8) is 0 Å². The molecule has 31 valence electrons. The summed E-state index contributed by atoms with van der Waals surface area (Å²) >= 11 is 3.28. The van der Waals surface area contributed by atoms with Crippen LogP contribution >= 0.6 is 12.6 Å². The average molecular weight is 165 g/mol. The van der Waals surface area contributed by atoms with E-state index in [-0.39, 0.29) is 32.7 Å². The van der Waals surface area contributed by atoms with E-state index >= 15 is 0 Å². The maximum atomic E-state index is 3.28. The molecule has 0 amide bonds. The third-order valence-corrected chi connectivity index (χ3v) is 0. The Morgan fingerprint density at radius 1 is 1.20 bits per heavy atom. The van der Waals surface area contributed by atoms with Crippen LogP contribution in [0.5, 0.6) is 0 Å². The summed E-state index contributed by atoms with van der Waals surface area (Å²) in [5.74, 6) is 0. The van der Waals surface area contributed by atoms with Gasteiger partial charge in [0, 0.05) is 32.7 Å². The van der Waals surface area contributed by atoms with Gasteiger partial charge in [0.1, 0.15) is 0 Å². The van der Waals surface area contributed by atoms with Gasteiger partial charge in [-0.1, -0.05) is 0 Å². The van der Waals surface area contributed by atoms with Crippen LogP contribution in [-0.2, 0) is 32.7 Å². The predicted octanol–water partition coefficient (Wildman–Crippen LogP) is 1.55. The van der Waals surface area contributed by atoms with Crippen molar-refractivity contribution in [2.24, 2.45) is 0 Å². The monoisotopic (exact) mass is 165 g/mol. The van der Waals surface area contributed by atoms with Gasteiger partial charge in [0.2, 0.25) is 0 Å². The zero-order valence-corrected chi connectivity index (χ0v) is 7.17. The molecule has 0 aliphatic carbocycles. The first kappa shape index (κ1) is 16.1. The van der Waals surface area contributed by atoms with Crippen LogP contribution in [0.3, 0.4) is 0 Å². The van der Waals surface area contributed by atoms with Crippen LogP contribution in [-0.4, -0.2) is 0 Å². The van der Waals surface area contributed by atoms with Gasteiger partial charge in [-0.15, -0.1) is 0 Å². The summed E-state index contributed by atoms with van der Waals surface area (Å²) in [6.07, 6.45) is 2.94. The van der Waals surface area contributed by atoms with Crippen molar-refractivity contribution < 1.29 is 32.7 Å². The predicted molar refractivity (Wildman–Crippen MR) is 25.4 cm³/mol. The standard InChI is InChI=1S/C2H5.CH3S.Y/c2*1-2;/h1H2,2H3;2H,1H2;/q2*-1;. The summed E-state index contributed by atoms with van der Waals surface area (Å²) in [6, 6.07) is 0. The summed E-state index contributed by atoms with van der Waals surface area (Å²) in [4.78, 5) is 0. The molecule has 0 atom stereocenters. The van der Waals surface area contributed by atoms with Gasteiger partial charge in [-0.05, 0) is 0 Å². The molecule has 0 nitrogen and oxygen atoms in total. The van der Waals surface area contributed by atoms with E-state index in [4.69, 9.17) is 0 Å². The van der Waals surface area contributed by atoms with Crippen molar-refractivity contribution in [1.29, 1.82) is 0 Å². The Morgan fingerprint density at radius 2 is 1.20 bits per heavy atom. The number of hydrogen-bond acceptors (Lipinski definition) is 1. The second kappa shape index (κ2) is 51.2. The van der Waals surface area contributed by atoms with Gasteiger partial charge in [0.25, 0.3) is 0 Å². The quantitative estimate of drug-likeness (QED) is 0.408. The maximum Gasteiger partial charge on any atom is 0 e. The van der Waals surface area contributed by atoms with Crippen molar-refractivity contribution in [1.82, 2.24) is 0 Å². The Bertz CT molecular complexity index is 6.85. The van der Waals surface area contributed by atoms with Crippen molar-refractivity contribution in [2.75, 3.05) is 0 Å². The van der Waals surface area contributed by atoms with Gasteiger partial charge in [-0.3, -0.25) is 6.26 Å². The van der Waals surface area contributed by atoms with E-state index in [0.717, 1.165) is 0 Å². The molecule has 0 saturated heterocycles. The number of hydrogen-bond donors (Lipinski definition) is 1. The van der Waals surface area contributed by atoms with E-state index in [1.54, 1.807) is 6.92 Å². The topological polar surface area (TPSA) is 0 Å². The number of rotatable bonds is 0. The van der Waals surface area contributed by atoms with Gasteiger partial charge in [0.15, 0.2) is 0 Å². The molecule has 0 N–H and O–H groups in total. The summed E-state index contributed by atoms with van der Waals surface area (Å²) in [5.41, 5.74) is 0. The Balaban J connectivity index is -0.0000000133. The molecule has 0 saturated carbocycles. The van der Waals surface area contributed by atoms with E-state index in [1.165, 1.54) is 0 Å². The average Bonchev–Trinajstić information content (AvgIpc) is 1.50. The van der Waals surface area contributed by atoms with E-state index in [2.05, 4.69) is 25.8 Å². The molecule has 0 aliphatic rings. The Hall–Kier alpha value is 1.45. The van der Waals surface area contributed by atoms with Gasteiger partial charge >= 0.3 is 0 Å². The van der Waals surface area contributed by atoms with Crippen LogP contribution in [0, 0.1) is 13.2 Å². The zero-order valence-electron chi connectivity index (χ0n) is 3.44. The third kappa shape index (κ3) is 30.8. The fourth-order valence-electron chi connectivity index (χ4n) is 0. The van der Waals surface area contributed by atoms with Crippen LogP contribution < -0.4 is 0 Å². The fraction of sp³-hybridized carbons (Fsp3) is 0.333. The smallest absolute Gasteiger partial charge is 0 e. The minimum atomic E-state index is 0. The molecule has 0 rings (SSSR count). The molecule has 1 radical (unpaired) electrons. The second-order valence-corrected chi connectivity index (χ2v) is 0. The molecule has 2 heteroatoms. The molecule has 0 heterocycles. The molecule has 5 heavy (non-hydrogen) atoms. The van der Waals surface area contributed by atoms with E-state index in [1.807, 2.05) is 0 Å². The molecule has 0 bridgehead atoms. The SMILES string of the molecule is [CH2-]C.[CH2-]S.[Y]. The summed E-state index contributed by atoms with van der Waals surface area (Å²) in [5, 5.41) is 0. The van der Waals surface area contributed by atoms with Crippen molar-refractivity contribution in [3.05, 3.63) is 13.2 Å². The Morgan fingerprint density at radius 3 is 1.20 bits per heavy atom. The van der Waals surface area contributed by atoms with Crippen LogP contribution in [0.25, 0.3) is 0 Å². The first-order chi connectivity index (χ1) is 2.00. The molecule has 0 spiro atoms. The molecule has 0 fully saturated rings. The minimum Gasteiger partial charge on any atom is -0.372 e. The maximum absolute atomic E-state index is 3.28. The number of thiol groups is 1. The van der Waals surface area contributed by atoms with Crippen molar-refractivity contribution in [3.8, 4) is 0 Å². The first-order valence-electron chi connectivity index (χ1n) is 1.02. The largest absolute Gasteiger partial charge is 0.372 e. The molecule has 0 aromatic rings. The first-order valence-corrected chi connectivity index (χ1v) is 1.66. The third-order valence-electron chi connectivity index (χ3n) is 0. The second-order valence-electron chi connectivity index (χ2n) is 0. The molecule has 0 aromatic heterocycles. The van der Waals surface area contributed by atoms with Crippen LogP contribution in [0.2, 0.25) is 0 Å². The summed E-state index contributed by atoms with van der Waals surface area (Å²) < 4.78 is 0.